The minimum absolute atomic E-state index is 0.0729. The molecule has 2 aliphatic rings. The van der Waals surface area contributed by atoms with Crippen LogP contribution in [0.5, 0.6) is 5.75 Å². The average molecular weight is 607 g/mol. The number of carbonyl (C=O) groups excluding carboxylic acids is 3. The Balaban J connectivity index is 1.35. The van der Waals surface area contributed by atoms with E-state index >= 15 is 0 Å². The summed E-state index contributed by atoms with van der Waals surface area (Å²) < 4.78 is 21.9. The lowest BCUT2D eigenvalue weighted by atomic mass is 10.1. The summed E-state index contributed by atoms with van der Waals surface area (Å²) in [4.78, 5) is 53.9. The molecule has 2 unspecified atom stereocenters. The van der Waals surface area contributed by atoms with Crippen molar-refractivity contribution in [2.24, 2.45) is 0 Å². The minimum Gasteiger partial charge on any atom is -0.490 e. The smallest absolute Gasteiger partial charge is 0.410 e. The number of hydrogen-bond acceptors (Lipinski definition) is 9. The molecule has 2 saturated heterocycles. The van der Waals surface area contributed by atoms with Gasteiger partial charge in [-0.2, -0.15) is 0 Å². The number of amides is 3. The molecule has 2 fully saturated rings. The molecule has 0 spiro atoms. The summed E-state index contributed by atoms with van der Waals surface area (Å²) in [5.41, 5.74) is -0.553. The third-order valence-electron chi connectivity index (χ3n) is 6.66. The van der Waals surface area contributed by atoms with Crippen LogP contribution in [0.1, 0.15) is 53.5 Å². The summed E-state index contributed by atoms with van der Waals surface area (Å²) >= 11 is 0. The monoisotopic (exact) mass is 606 g/mol. The van der Waals surface area contributed by atoms with E-state index in [1.54, 1.807) is 54.8 Å². The third-order valence-corrected chi connectivity index (χ3v) is 6.66. The molecule has 2 aliphatic heterocycles. The van der Waals surface area contributed by atoms with Crippen LogP contribution >= 0.6 is 0 Å². The van der Waals surface area contributed by atoms with Crippen LogP contribution in [-0.4, -0.2) is 120 Å². The van der Waals surface area contributed by atoms with Gasteiger partial charge in [-0.1, -0.05) is 12.1 Å². The summed E-state index contributed by atoms with van der Waals surface area (Å²) in [5.74, 6) is -0.615. The van der Waals surface area contributed by atoms with E-state index in [9.17, 15) is 24.3 Å². The molecule has 0 bridgehead atoms. The first-order valence-corrected chi connectivity index (χ1v) is 14.7. The Morgan fingerprint density at radius 1 is 0.977 bits per heavy atom. The molecular weight excluding hydrogens is 560 g/mol. The Morgan fingerprint density at radius 3 is 2.19 bits per heavy atom. The summed E-state index contributed by atoms with van der Waals surface area (Å²) in [6.45, 7) is 15.4. The fourth-order valence-corrected chi connectivity index (χ4v) is 4.61. The van der Waals surface area contributed by atoms with Gasteiger partial charge in [0.1, 0.15) is 29.6 Å². The second-order valence-corrected chi connectivity index (χ2v) is 12.8. The summed E-state index contributed by atoms with van der Waals surface area (Å²) in [7, 11) is 0. The van der Waals surface area contributed by atoms with E-state index in [0.717, 1.165) is 26.1 Å². The molecule has 1 aromatic rings. The van der Waals surface area contributed by atoms with Gasteiger partial charge in [0.25, 0.3) is 0 Å². The van der Waals surface area contributed by atoms with Crippen LogP contribution in [0, 0.1) is 0 Å². The maximum Gasteiger partial charge on any atom is 0.410 e. The molecule has 13 heteroatoms. The highest BCUT2D eigenvalue weighted by Gasteiger charge is 2.32. The standard InChI is InChI=1S/C30H46N4O9/c1-29(2,3)42-26(37)31-24(25(35)36)18-21-8-10-22(11-9-21)40-20-23-19-34(27(38)41-23)13-7-12-32-14-16-33(17-15-32)28(39)43-30(4,5)6/h8-11,23-24H,7,12-20H2,1-6H3,(H,31,37)(H,35,36). The molecule has 0 saturated carbocycles. The highest BCUT2D eigenvalue weighted by atomic mass is 16.6. The third kappa shape index (κ3) is 11.8. The Labute approximate surface area is 253 Å². The second-order valence-electron chi connectivity index (χ2n) is 12.8. The van der Waals surface area contributed by atoms with Gasteiger partial charge in [0.15, 0.2) is 6.10 Å². The van der Waals surface area contributed by atoms with E-state index in [2.05, 4.69) is 10.2 Å². The van der Waals surface area contributed by atoms with E-state index in [1.165, 1.54) is 0 Å². The fourth-order valence-electron chi connectivity index (χ4n) is 4.61. The number of hydrogen-bond donors (Lipinski definition) is 2. The molecular formula is C30H46N4O9. The average Bonchev–Trinajstić information content (AvgIpc) is 3.25. The van der Waals surface area contributed by atoms with Crippen LogP contribution < -0.4 is 10.1 Å². The Kier molecular flexibility index (Phi) is 11.5. The topological polar surface area (TPSA) is 147 Å². The first-order chi connectivity index (χ1) is 20.1. The number of ether oxygens (including phenoxy) is 4. The zero-order valence-corrected chi connectivity index (χ0v) is 26.1. The molecule has 13 nitrogen and oxygen atoms in total. The number of cyclic esters (lactones) is 1. The van der Waals surface area contributed by atoms with Crippen molar-refractivity contribution in [3.05, 3.63) is 29.8 Å². The Morgan fingerprint density at radius 2 is 1.60 bits per heavy atom. The highest BCUT2D eigenvalue weighted by Crippen LogP contribution is 2.18. The van der Waals surface area contributed by atoms with E-state index in [0.29, 0.717) is 37.5 Å². The Bertz CT molecular complexity index is 1110. The van der Waals surface area contributed by atoms with Gasteiger partial charge in [0.2, 0.25) is 0 Å². The first-order valence-electron chi connectivity index (χ1n) is 14.7. The van der Waals surface area contributed by atoms with Crippen molar-refractivity contribution in [2.45, 2.75) is 77.7 Å². The molecule has 2 heterocycles. The van der Waals surface area contributed by atoms with Gasteiger partial charge in [-0.25, -0.2) is 19.2 Å². The second kappa shape index (κ2) is 14.6. The zero-order valence-electron chi connectivity index (χ0n) is 26.1. The van der Waals surface area contributed by atoms with Gasteiger partial charge in [0, 0.05) is 39.1 Å². The van der Waals surface area contributed by atoms with Crippen molar-refractivity contribution in [3.8, 4) is 5.75 Å². The number of nitrogens with one attached hydrogen (secondary N) is 1. The number of carboxylic acids is 1. The van der Waals surface area contributed by atoms with Crippen LogP contribution in [-0.2, 0) is 25.4 Å². The first kappa shape index (κ1) is 33.8. The van der Waals surface area contributed by atoms with E-state index in [1.807, 2.05) is 20.8 Å². The van der Waals surface area contributed by atoms with Crippen LogP contribution in [0.15, 0.2) is 24.3 Å². The van der Waals surface area contributed by atoms with Crippen molar-refractivity contribution in [1.82, 2.24) is 20.0 Å². The minimum atomic E-state index is -1.17. The summed E-state index contributed by atoms with van der Waals surface area (Å²) in [6, 6.07) is 5.72. The number of alkyl carbamates (subject to hydrolysis) is 1. The van der Waals surface area contributed by atoms with Gasteiger partial charge in [-0.15, -0.1) is 0 Å². The van der Waals surface area contributed by atoms with E-state index < -0.39 is 35.4 Å². The van der Waals surface area contributed by atoms with Crippen molar-refractivity contribution in [2.75, 3.05) is 52.4 Å². The summed E-state index contributed by atoms with van der Waals surface area (Å²) in [6.07, 6.45) is -0.983. The van der Waals surface area contributed by atoms with Crippen molar-refractivity contribution >= 4 is 24.2 Å². The van der Waals surface area contributed by atoms with Gasteiger partial charge in [0.05, 0.1) is 6.54 Å². The lowest BCUT2D eigenvalue weighted by Gasteiger charge is -2.35. The number of aliphatic carboxylic acids is 1. The number of carbonyl (C=O) groups is 4. The number of carboxylic acid groups (broad SMARTS) is 1. The molecule has 1 aromatic carbocycles. The molecule has 43 heavy (non-hydrogen) atoms. The van der Waals surface area contributed by atoms with Crippen LogP contribution in [0.25, 0.3) is 0 Å². The molecule has 0 aliphatic carbocycles. The maximum atomic E-state index is 12.4. The molecule has 0 aromatic heterocycles. The maximum absolute atomic E-state index is 12.4. The molecule has 3 amide bonds. The summed E-state index contributed by atoms with van der Waals surface area (Å²) in [5, 5.41) is 11.9. The van der Waals surface area contributed by atoms with Crippen LogP contribution in [0.3, 0.4) is 0 Å². The quantitative estimate of drug-likeness (QED) is 0.360. The Hall–Kier alpha value is -3.74. The van der Waals surface area contributed by atoms with Gasteiger partial charge in [-0.3, -0.25) is 4.90 Å². The van der Waals surface area contributed by atoms with E-state index in [4.69, 9.17) is 18.9 Å². The molecule has 240 valence electrons. The van der Waals surface area contributed by atoms with Gasteiger partial charge in [-0.05, 0) is 72.2 Å². The predicted octanol–water partition coefficient (Wildman–Crippen LogP) is 3.35. The van der Waals surface area contributed by atoms with Gasteiger partial charge >= 0.3 is 24.2 Å². The molecule has 3 rings (SSSR count). The van der Waals surface area contributed by atoms with Crippen LogP contribution in [0.2, 0.25) is 0 Å². The number of benzene rings is 1. The fraction of sp³-hybridized carbons (Fsp3) is 0.667. The lowest BCUT2D eigenvalue weighted by Crippen LogP contribution is -2.50. The van der Waals surface area contributed by atoms with E-state index in [-0.39, 0.29) is 25.2 Å². The SMILES string of the molecule is CC(C)(C)OC(=O)NC(Cc1ccc(OCC2CN(CCCN3CCN(C(=O)OC(C)(C)C)CC3)C(=O)O2)cc1)C(=O)O. The molecule has 2 atom stereocenters. The lowest BCUT2D eigenvalue weighted by molar-refractivity contribution is -0.139. The molecule has 0 radical (unpaired) electrons. The normalized spacial score (nSPS) is 18.6. The van der Waals surface area contributed by atoms with Crippen molar-refractivity contribution in [1.29, 1.82) is 0 Å². The predicted molar refractivity (Wildman–Crippen MR) is 157 cm³/mol. The van der Waals surface area contributed by atoms with Crippen molar-refractivity contribution in [3.63, 3.8) is 0 Å². The largest absolute Gasteiger partial charge is 0.490 e. The number of rotatable bonds is 11. The zero-order chi connectivity index (χ0) is 31.8. The number of nitrogens with zero attached hydrogens (tertiary/aromatic N) is 3. The number of piperazine rings is 1. The van der Waals surface area contributed by atoms with Crippen LogP contribution in [0.4, 0.5) is 14.4 Å². The molecule has 2 N–H and O–H groups in total. The van der Waals surface area contributed by atoms with Gasteiger partial charge < -0.3 is 39.2 Å². The van der Waals surface area contributed by atoms with Crippen molar-refractivity contribution < 1.29 is 43.2 Å². The highest BCUT2D eigenvalue weighted by molar-refractivity contribution is 5.80.